The first-order valence-corrected chi connectivity index (χ1v) is 30.1. The van der Waals surface area contributed by atoms with Crippen LogP contribution < -0.4 is 0 Å². The quantitative estimate of drug-likeness (QED) is 0.142. The lowest BCUT2D eigenvalue weighted by Gasteiger charge is -2.17. The van der Waals surface area contributed by atoms with Gasteiger partial charge in [0.2, 0.25) is 0 Å². The molecule has 2 heteroatoms. The van der Waals surface area contributed by atoms with E-state index in [9.17, 15) is 0 Å². The van der Waals surface area contributed by atoms with E-state index >= 15 is 0 Å². The number of fused-ring (bicyclic) bond motifs is 10. The van der Waals surface area contributed by atoms with Crippen LogP contribution in [0.3, 0.4) is 0 Å². The summed E-state index contributed by atoms with van der Waals surface area (Å²) in [4.78, 5) is 0. The van der Waals surface area contributed by atoms with Gasteiger partial charge in [0.1, 0.15) is 22.3 Å². The van der Waals surface area contributed by atoms with Crippen molar-refractivity contribution in [3.8, 4) is 89.0 Å². The highest BCUT2D eigenvalue weighted by Gasteiger charge is 2.23. The Morgan fingerprint density at radius 1 is 0.200 bits per heavy atom. The number of furan rings is 2. The van der Waals surface area contributed by atoms with Crippen molar-refractivity contribution >= 4 is 87.0 Å². The van der Waals surface area contributed by atoms with Gasteiger partial charge in [-0.2, -0.15) is 0 Å². The number of hydrogen-bond acceptors (Lipinski definition) is 2. The molecule has 0 saturated carbocycles. The molecule has 16 aromatic carbocycles. The predicted octanol–water partition coefficient (Wildman–Crippen LogP) is 25.1. The van der Waals surface area contributed by atoms with Gasteiger partial charge in [0.25, 0.3) is 0 Å². The molecular weight excluding hydrogens is 1090 g/mol. The third-order valence-corrected chi connectivity index (χ3v) is 17.5. The van der Waals surface area contributed by atoms with Crippen LogP contribution >= 0.6 is 0 Å². The summed E-state index contributed by atoms with van der Waals surface area (Å²) in [5.74, 6) is 0. The SMILES string of the molecule is [2H]c1c([2H])c([2H])c(-c2c3ccccc3c(-c3ccc4oc5c(-c6ccccc6)c(-c6ccccc6)ccc5c4c3)c3ccccc23)c([2H])c1[2H].[2H]c1c([2H])c([2H])c(-c2c3ccccc3c(-c3ccc4oc5cc(-c6ccccc6)cc(-c6ccccc6)c5c4c3)c3ccccc23)c([2H])c1[2H]. The van der Waals surface area contributed by atoms with Crippen LogP contribution in [0.4, 0.5) is 0 Å². The fraction of sp³-hybridized carbons (Fsp3) is 0. The van der Waals surface area contributed by atoms with Gasteiger partial charge in [0, 0.05) is 27.1 Å². The molecule has 0 radical (unpaired) electrons. The maximum Gasteiger partial charge on any atom is 0.143 e. The molecule has 0 unspecified atom stereocenters. The Balaban J connectivity index is 0.000000150. The molecule has 0 aliphatic rings. The van der Waals surface area contributed by atoms with E-state index in [-0.39, 0.29) is 59.5 Å². The summed E-state index contributed by atoms with van der Waals surface area (Å²) in [5.41, 5.74) is 17.6. The highest BCUT2D eigenvalue weighted by atomic mass is 16.3. The molecule has 90 heavy (non-hydrogen) atoms. The molecule has 2 aromatic heterocycles. The smallest absolute Gasteiger partial charge is 0.143 e. The lowest BCUT2D eigenvalue weighted by atomic mass is 9.85. The standard InChI is InChI=1S/2C44H28O/c1-4-14-29(15-5-1)33-25-26-38-39-28-32(24-27-40(39)45-44(38)43(33)31-18-8-3-9-19-31)42-36-22-12-10-20-34(36)41(30-16-6-2-7-17-30)35-21-11-13-23-37(35)42;1-4-14-29(15-5-1)33-27-38(30-16-6-2-7-17-30)44-39-26-32(24-25-40(39)45-41(44)28-33)43-36-22-12-10-20-34(36)42(31-18-8-3-9-19-31)35-21-11-13-23-37(35)43/h2*1-28H/i2D,6D,7D,16D,17D;3D,8D,9D,18D,19D. The van der Waals surface area contributed by atoms with E-state index in [4.69, 9.17) is 22.5 Å². The van der Waals surface area contributed by atoms with Crippen molar-refractivity contribution in [3.63, 3.8) is 0 Å². The Morgan fingerprint density at radius 2 is 0.578 bits per heavy atom. The molecule has 0 saturated heterocycles. The Kier molecular flexibility index (Phi) is 10.6. The minimum Gasteiger partial charge on any atom is -0.456 e. The fourth-order valence-corrected chi connectivity index (χ4v) is 13.6. The van der Waals surface area contributed by atoms with Crippen molar-refractivity contribution in [1.29, 1.82) is 0 Å². The van der Waals surface area contributed by atoms with E-state index < -0.39 is 12.1 Å². The van der Waals surface area contributed by atoms with Crippen LogP contribution in [0.1, 0.15) is 13.7 Å². The van der Waals surface area contributed by atoms with Crippen LogP contribution in [-0.4, -0.2) is 0 Å². The van der Waals surface area contributed by atoms with Gasteiger partial charge < -0.3 is 8.83 Å². The molecule has 0 fully saturated rings. The van der Waals surface area contributed by atoms with Crippen molar-refractivity contribution in [3.05, 3.63) is 339 Å². The van der Waals surface area contributed by atoms with Crippen LogP contribution in [0.25, 0.3) is 176 Å². The van der Waals surface area contributed by atoms with E-state index in [1.807, 2.05) is 146 Å². The van der Waals surface area contributed by atoms with Crippen molar-refractivity contribution < 1.29 is 22.5 Å². The first kappa shape index (κ1) is 42.9. The van der Waals surface area contributed by atoms with Crippen molar-refractivity contribution in [2.24, 2.45) is 0 Å². The lowest BCUT2D eigenvalue weighted by Crippen LogP contribution is -1.90. The zero-order valence-electron chi connectivity index (χ0n) is 58.4. The maximum absolute atomic E-state index is 8.87. The van der Waals surface area contributed by atoms with Gasteiger partial charge in [-0.1, -0.05) is 297 Å². The number of hydrogen-bond donors (Lipinski definition) is 0. The van der Waals surface area contributed by atoms with E-state index in [0.717, 1.165) is 154 Å². The fourth-order valence-electron chi connectivity index (χ4n) is 13.6. The molecule has 0 spiro atoms. The first-order chi connectivity index (χ1) is 48.8. The van der Waals surface area contributed by atoms with Gasteiger partial charge in [0.15, 0.2) is 0 Å². The topological polar surface area (TPSA) is 26.3 Å². The lowest BCUT2D eigenvalue weighted by molar-refractivity contribution is 0.669. The zero-order chi connectivity index (χ0) is 68.2. The summed E-state index contributed by atoms with van der Waals surface area (Å²) in [6.07, 6.45) is 0. The van der Waals surface area contributed by atoms with Crippen LogP contribution in [0.2, 0.25) is 0 Å². The Bertz CT molecular complexity index is 6210. The first-order valence-electron chi connectivity index (χ1n) is 35.1. The van der Waals surface area contributed by atoms with E-state index in [2.05, 4.69) is 133 Å². The molecule has 0 bridgehead atoms. The molecule has 2 heterocycles. The summed E-state index contributed by atoms with van der Waals surface area (Å²) >= 11 is 0. The third-order valence-electron chi connectivity index (χ3n) is 17.5. The maximum atomic E-state index is 8.87. The summed E-state index contributed by atoms with van der Waals surface area (Å²) in [7, 11) is 0. The molecule has 18 rings (SSSR count). The van der Waals surface area contributed by atoms with E-state index in [1.165, 1.54) is 0 Å². The molecule has 0 aliphatic heterocycles. The van der Waals surface area contributed by atoms with Gasteiger partial charge in [-0.25, -0.2) is 0 Å². The summed E-state index contributed by atoms with van der Waals surface area (Å²) in [5, 5.41) is 11.0. The minimum absolute atomic E-state index is 0.202. The minimum atomic E-state index is -0.402. The summed E-state index contributed by atoms with van der Waals surface area (Å²) in [6, 6.07) is 91.5. The highest BCUT2D eigenvalue weighted by molar-refractivity contribution is 6.25. The van der Waals surface area contributed by atoms with Crippen LogP contribution in [-0.2, 0) is 0 Å². The molecule has 0 atom stereocenters. The number of rotatable bonds is 8. The second-order valence-corrected chi connectivity index (χ2v) is 22.5. The van der Waals surface area contributed by atoms with Gasteiger partial charge in [-0.05, 0) is 169 Å². The Morgan fingerprint density at radius 3 is 1.03 bits per heavy atom. The van der Waals surface area contributed by atoms with Crippen molar-refractivity contribution in [1.82, 2.24) is 0 Å². The van der Waals surface area contributed by atoms with Gasteiger partial charge in [-0.3, -0.25) is 0 Å². The van der Waals surface area contributed by atoms with Crippen LogP contribution in [0.15, 0.2) is 348 Å². The zero-order valence-corrected chi connectivity index (χ0v) is 48.4. The van der Waals surface area contributed by atoms with E-state index in [0.29, 0.717) is 11.1 Å². The predicted molar refractivity (Wildman–Crippen MR) is 381 cm³/mol. The molecule has 0 N–H and O–H groups in total. The van der Waals surface area contributed by atoms with Crippen molar-refractivity contribution in [2.45, 2.75) is 0 Å². The molecule has 420 valence electrons. The van der Waals surface area contributed by atoms with Crippen molar-refractivity contribution in [2.75, 3.05) is 0 Å². The van der Waals surface area contributed by atoms with Crippen LogP contribution in [0.5, 0.6) is 0 Å². The molecular formula is C88H56O2. The number of benzene rings is 16. The van der Waals surface area contributed by atoms with E-state index in [1.54, 1.807) is 0 Å². The Labute approximate surface area is 535 Å². The average Bonchev–Trinajstić information content (AvgIpc) is 1.74. The molecule has 0 amide bonds. The second-order valence-electron chi connectivity index (χ2n) is 22.5. The third kappa shape index (κ3) is 8.96. The van der Waals surface area contributed by atoms with Crippen LogP contribution in [0, 0.1) is 0 Å². The second kappa shape index (κ2) is 22.1. The highest BCUT2D eigenvalue weighted by Crippen LogP contribution is 2.49. The monoisotopic (exact) mass is 1150 g/mol. The molecule has 2 nitrogen and oxygen atoms in total. The van der Waals surface area contributed by atoms with Gasteiger partial charge >= 0.3 is 0 Å². The largest absolute Gasteiger partial charge is 0.456 e. The molecule has 0 aliphatic carbocycles. The summed E-state index contributed by atoms with van der Waals surface area (Å²) < 4.78 is 98.8. The van der Waals surface area contributed by atoms with Gasteiger partial charge in [-0.15, -0.1) is 0 Å². The molecule has 18 aromatic rings. The normalized spacial score (nSPS) is 13.1. The van der Waals surface area contributed by atoms with Gasteiger partial charge in [0.05, 0.1) is 13.7 Å². The average molecular weight is 1160 g/mol. The summed E-state index contributed by atoms with van der Waals surface area (Å²) in [6.45, 7) is 0. The Hall–Kier alpha value is -11.8.